The van der Waals surface area contributed by atoms with Gasteiger partial charge in [0.1, 0.15) is 12.2 Å². The molecule has 0 bridgehead atoms. The number of hydrogen-bond donors (Lipinski definition) is 1. The van der Waals surface area contributed by atoms with Crippen molar-refractivity contribution < 1.29 is 23.5 Å². The molecule has 0 unspecified atom stereocenters. The summed E-state index contributed by atoms with van der Waals surface area (Å²) in [6.07, 6.45) is -1.62. The van der Waals surface area contributed by atoms with Crippen molar-refractivity contribution in [1.82, 2.24) is 24.5 Å². The van der Waals surface area contributed by atoms with Crippen LogP contribution in [-0.2, 0) is 35.6 Å². The Hall–Kier alpha value is -2.78. The van der Waals surface area contributed by atoms with Gasteiger partial charge in [-0.15, -0.1) is 0 Å². The van der Waals surface area contributed by atoms with Gasteiger partial charge >= 0.3 is 5.97 Å². The third kappa shape index (κ3) is 4.50. The first-order valence-electron chi connectivity index (χ1n) is 8.71. The van der Waals surface area contributed by atoms with E-state index in [0.29, 0.717) is 43.9 Å². The molecular formula is C17H21F2N5O3. The largest absolute Gasteiger partial charge is 0.481 e. The lowest BCUT2D eigenvalue weighted by molar-refractivity contribution is -0.137. The van der Waals surface area contributed by atoms with Gasteiger partial charge in [-0.1, -0.05) is 0 Å². The number of amides is 1. The Bertz CT molecular complexity index is 846. The minimum absolute atomic E-state index is 0.00411. The maximum absolute atomic E-state index is 12.8. The van der Waals surface area contributed by atoms with Crippen LogP contribution in [0.5, 0.6) is 0 Å². The molecule has 0 saturated heterocycles. The molecule has 0 aromatic carbocycles. The summed E-state index contributed by atoms with van der Waals surface area (Å²) in [7, 11) is 0. The van der Waals surface area contributed by atoms with Gasteiger partial charge in [-0.2, -0.15) is 10.2 Å². The van der Waals surface area contributed by atoms with Gasteiger partial charge in [-0.05, 0) is 25.5 Å². The number of carboxylic acids is 1. The van der Waals surface area contributed by atoms with Crippen LogP contribution in [0.2, 0.25) is 0 Å². The lowest BCUT2D eigenvalue weighted by Gasteiger charge is -2.20. The van der Waals surface area contributed by atoms with E-state index in [4.69, 9.17) is 5.11 Å². The second-order valence-electron chi connectivity index (χ2n) is 6.58. The number of aromatic nitrogens is 4. The predicted octanol–water partition coefficient (Wildman–Crippen LogP) is 1.78. The number of hydrogen-bond acceptors (Lipinski definition) is 4. The van der Waals surface area contributed by atoms with Gasteiger partial charge in [0, 0.05) is 25.2 Å². The third-order valence-electron chi connectivity index (χ3n) is 4.52. The second kappa shape index (κ2) is 7.85. The summed E-state index contributed by atoms with van der Waals surface area (Å²) in [5, 5.41) is 17.0. The number of fused-ring (bicyclic) bond motifs is 1. The van der Waals surface area contributed by atoms with Crippen molar-refractivity contribution >= 4 is 11.9 Å². The van der Waals surface area contributed by atoms with Crippen LogP contribution in [-0.4, -0.2) is 48.0 Å². The predicted molar refractivity (Wildman–Crippen MR) is 90.1 cm³/mol. The fourth-order valence-corrected chi connectivity index (χ4v) is 3.12. The summed E-state index contributed by atoms with van der Waals surface area (Å²) in [5.74, 6) is -1.09. The van der Waals surface area contributed by atoms with E-state index in [9.17, 15) is 18.4 Å². The highest BCUT2D eigenvalue weighted by molar-refractivity contribution is 5.76. The van der Waals surface area contributed by atoms with Crippen molar-refractivity contribution in [3.63, 3.8) is 0 Å². The first-order valence-corrected chi connectivity index (χ1v) is 8.71. The molecule has 1 amide bonds. The zero-order chi connectivity index (χ0) is 19.6. The van der Waals surface area contributed by atoms with Crippen LogP contribution in [0.3, 0.4) is 0 Å². The van der Waals surface area contributed by atoms with E-state index in [1.54, 1.807) is 16.5 Å². The number of halogens is 2. The number of rotatable bonds is 6. The third-order valence-corrected chi connectivity index (χ3v) is 4.52. The van der Waals surface area contributed by atoms with Crippen molar-refractivity contribution in [3.05, 3.63) is 34.9 Å². The maximum Gasteiger partial charge on any atom is 0.303 e. The summed E-state index contributed by atoms with van der Waals surface area (Å²) in [6, 6.07) is 3.10. The Balaban J connectivity index is 1.68. The van der Waals surface area contributed by atoms with Crippen LogP contribution in [0, 0.1) is 6.92 Å². The molecule has 2 aromatic rings. The molecule has 8 nitrogen and oxygen atoms in total. The average molecular weight is 381 g/mol. The molecule has 0 atom stereocenters. The summed E-state index contributed by atoms with van der Waals surface area (Å²) >= 11 is 0. The summed E-state index contributed by atoms with van der Waals surface area (Å²) in [4.78, 5) is 25.0. The maximum atomic E-state index is 12.8. The van der Waals surface area contributed by atoms with E-state index < -0.39 is 12.4 Å². The van der Waals surface area contributed by atoms with Crippen molar-refractivity contribution in [2.45, 2.75) is 52.2 Å². The van der Waals surface area contributed by atoms with Gasteiger partial charge in [0.05, 0.1) is 24.4 Å². The van der Waals surface area contributed by atoms with Gasteiger partial charge in [0.25, 0.3) is 6.43 Å². The monoisotopic (exact) mass is 381 g/mol. The second-order valence-corrected chi connectivity index (χ2v) is 6.58. The van der Waals surface area contributed by atoms with E-state index in [0.717, 1.165) is 5.69 Å². The molecule has 3 heterocycles. The molecule has 0 aliphatic carbocycles. The summed E-state index contributed by atoms with van der Waals surface area (Å²) < 4.78 is 28.6. The molecule has 10 heteroatoms. The number of carbonyl (C=O) groups excluding carboxylic acids is 1. The Morgan fingerprint density at radius 3 is 2.70 bits per heavy atom. The highest BCUT2D eigenvalue weighted by Crippen LogP contribution is 2.19. The van der Waals surface area contributed by atoms with Crippen molar-refractivity contribution in [2.75, 3.05) is 6.54 Å². The highest BCUT2D eigenvalue weighted by atomic mass is 19.3. The molecule has 146 valence electrons. The Morgan fingerprint density at radius 2 is 2.04 bits per heavy atom. The Labute approximate surface area is 154 Å². The van der Waals surface area contributed by atoms with Crippen LogP contribution in [0.4, 0.5) is 8.78 Å². The standard InChI is InChI=1S/C17H21F2N5O3/c1-11-7-14(17(18)19)21-24(11)10-15(25)22-5-2-6-23-13(9-22)8-12(20-23)3-4-16(26)27/h7-8,17H,2-6,9-10H2,1H3,(H,26,27). The fraction of sp³-hybridized carbons (Fsp3) is 0.529. The number of aliphatic carboxylic acids is 1. The van der Waals surface area contributed by atoms with Crippen LogP contribution in [0.15, 0.2) is 12.1 Å². The van der Waals surface area contributed by atoms with Crippen molar-refractivity contribution in [3.8, 4) is 0 Å². The van der Waals surface area contributed by atoms with Gasteiger partial charge in [-0.3, -0.25) is 19.0 Å². The van der Waals surface area contributed by atoms with Crippen LogP contribution in [0.25, 0.3) is 0 Å². The smallest absolute Gasteiger partial charge is 0.303 e. The zero-order valence-electron chi connectivity index (χ0n) is 14.9. The van der Waals surface area contributed by atoms with Crippen molar-refractivity contribution in [1.29, 1.82) is 0 Å². The molecule has 0 radical (unpaired) electrons. The SMILES string of the molecule is Cc1cc(C(F)F)nn1CC(=O)N1CCCn2nc(CCC(=O)O)cc2C1. The molecule has 1 N–H and O–H groups in total. The zero-order valence-corrected chi connectivity index (χ0v) is 14.9. The van der Waals surface area contributed by atoms with E-state index in [-0.39, 0.29) is 24.6 Å². The fourth-order valence-electron chi connectivity index (χ4n) is 3.12. The topological polar surface area (TPSA) is 93.3 Å². The van der Waals surface area contributed by atoms with Crippen LogP contribution in [0.1, 0.15) is 42.0 Å². The molecule has 2 aromatic heterocycles. The quantitative estimate of drug-likeness (QED) is 0.823. The molecule has 1 aliphatic heterocycles. The lowest BCUT2D eigenvalue weighted by Crippen LogP contribution is -2.34. The summed E-state index contributed by atoms with van der Waals surface area (Å²) in [5.41, 5.74) is 1.70. The number of carbonyl (C=O) groups is 2. The van der Waals surface area contributed by atoms with E-state index in [2.05, 4.69) is 10.2 Å². The Kier molecular flexibility index (Phi) is 5.52. The lowest BCUT2D eigenvalue weighted by atomic mass is 10.2. The molecule has 1 aliphatic rings. The molecule has 0 saturated carbocycles. The van der Waals surface area contributed by atoms with Gasteiger partial charge in [-0.25, -0.2) is 8.78 Å². The van der Waals surface area contributed by atoms with E-state index in [1.165, 1.54) is 10.7 Å². The minimum Gasteiger partial charge on any atom is -0.481 e. The number of aryl methyl sites for hydroxylation is 3. The minimum atomic E-state index is -2.67. The number of carboxylic acid groups (broad SMARTS) is 1. The molecule has 27 heavy (non-hydrogen) atoms. The molecule has 0 spiro atoms. The Morgan fingerprint density at radius 1 is 1.26 bits per heavy atom. The van der Waals surface area contributed by atoms with Gasteiger partial charge in [0.15, 0.2) is 0 Å². The molecule has 0 fully saturated rings. The number of nitrogens with zero attached hydrogens (tertiary/aromatic N) is 5. The number of alkyl halides is 2. The molecular weight excluding hydrogens is 360 g/mol. The summed E-state index contributed by atoms with van der Waals surface area (Å²) in [6.45, 7) is 3.06. The van der Waals surface area contributed by atoms with Crippen molar-refractivity contribution in [2.24, 2.45) is 0 Å². The molecule has 3 rings (SSSR count). The normalized spacial score (nSPS) is 14.3. The van der Waals surface area contributed by atoms with Gasteiger partial charge < -0.3 is 10.0 Å². The van der Waals surface area contributed by atoms with Crippen LogP contribution >= 0.6 is 0 Å². The van der Waals surface area contributed by atoms with E-state index >= 15 is 0 Å². The van der Waals surface area contributed by atoms with Gasteiger partial charge in [0.2, 0.25) is 5.91 Å². The first kappa shape index (κ1) is 19.0. The van der Waals surface area contributed by atoms with Crippen LogP contribution < -0.4 is 0 Å². The first-order chi connectivity index (χ1) is 12.8. The highest BCUT2D eigenvalue weighted by Gasteiger charge is 2.22. The average Bonchev–Trinajstić information content (AvgIpc) is 3.10. The van der Waals surface area contributed by atoms with E-state index in [1.807, 2.05) is 6.07 Å².